The number of hydrogen-bond donors (Lipinski definition) is 1. The number of nitrogens with one attached hydrogen (secondary N) is 1. The fourth-order valence-electron chi connectivity index (χ4n) is 4.58. The first-order valence-corrected chi connectivity index (χ1v) is 9.64. The molecule has 1 aliphatic heterocycles. The highest BCUT2D eigenvalue weighted by atomic mass is 16.2. The number of aromatic amines is 1. The summed E-state index contributed by atoms with van der Waals surface area (Å²) in [6, 6.07) is 12.8. The van der Waals surface area contributed by atoms with Gasteiger partial charge in [0.1, 0.15) is 0 Å². The molecule has 0 unspecified atom stereocenters. The van der Waals surface area contributed by atoms with E-state index < -0.39 is 0 Å². The summed E-state index contributed by atoms with van der Waals surface area (Å²) in [4.78, 5) is 15.1. The van der Waals surface area contributed by atoms with Gasteiger partial charge in [0.25, 0.3) is 0 Å². The van der Waals surface area contributed by atoms with Gasteiger partial charge in [0.05, 0.1) is 0 Å². The summed E-state index contributed by atoms with van der Waals surface area (Å²) in [5, 5.41) is 7.15. The van der Waals surface area contributed by atoms with Crippen molar-refractivity contribution >= 4 is 5.91 Å². The van der Waals surface area contributed by atoms with Crippen LogP contribution in [0.1, 0.15) is 61.6 Å². The molecule has 1 aromatic carbocycles. The molecule has 1 aliphatic carbocycles. The molecule has 1 saturated heterocycles. The third kappa shape index (κ3) is 3.63. The first-order chi connectivity index (χ1) is 12.3. The Hall–Kier alpha value is -2.10. The van der Waals surface area contributed by atoms with Gasteiger partial charge in [0.15, 0.2) is 0 Å². The van der Waals surface area contributed by atoms with E-state index in [1.807, 2.05) is 6.07 Å². The summed E-state index contributed by atoms with van der Waals surface area (Å²) in [5.41, 5.74) is 2.61. The Kier molecular flexibility index (Phi) is 4.86. The zero-order valence-corrected chi connectivity index (χ0v) is 14.7. The third-order valence-corrected chi connectivity index (χ3v) is 6.04. The van der Waals surface area contributed by atoms with Crippen molar-refractivity contribution < 1.29 is 4.79 Å². The van der Waals surface area contributed by atoms with Crippen molar-refractivity contribution in [2.24, 2.45) is 5.92 Å². The van der Waals surface area contributed by atoms with Crippen LogP contribution in [0.2, 0.25) is 0 Å². The summed E-state index contributed by atoms with van der Waals surface area (Å²) in [5.74, 6) is 1.65. The molecule has 0 radical (unpaired) electrons. The van der Waals surface area contributed by atoms with Crippen LogP contribution in [-0.4, -0.2) is 34.1 Å². The van der Waals surface area contributed by atoms with E-state index in [0.717, 1.165) is 51.6 Å². The second kappa shape index (κ2) is 7.42. The van der Waals surface area contributed by atoms with E-state index in [9.17, 15) is 4.79 Å². The van der Waals surface area contributed by atoms with E-state index in [1.54, 1.807) is 6.20 Å². The number of H-pyrrole nitrogens is 1. The minimum atomic E-state index is 0.223. The Balaban J connectivity index is 1.34. The maximum absolute atomic E-state index is 13.0. The van der Waals surface area contributed by atoms with Crippen molar-refractivity contribution in [2.45, 2.75) is 50.4 Å². The van der Waals surface area contributed by atoms with Gasteiger partial charge in [-0.05, 0) is 56.1 Å². The quantitative estimate of drug-likeness (QED) is 0.917. The van der Waals surface area contributed by atoms with Crippen LogP contribution in [0.4, 0.5) is 0 Å². The lowest BCUT2D eigenvalue weighted by molar-refractivity contribution is -0.137. The van der Waals surface area contributed by atoms with Gasteiger partial charge in [-0.15, -0.1) is 0 Å². The topological polar surface area (TPSA) is 49.0 Å². The van der Waals surface area contributed by atoms with Gasteiger partial charge in [0, 0.05) is 36.8 Å². The van der Waals surface area contributed by atoms with Crippen molar-refractivity contribution in [1.29, 1.82) is 0 Å². The van der Waals surface area contributed by atoms with Crippen molar-refractivity contribution in [2.75, 3.05) is 13.1 Å². The summed E-state index contributed by atoms with van der Waals surface area (Å²) < 4.78 is 0. The number of hydrogen-bond acceptors (Lipinski definition) is 2. The first kappa shape index (κ1) is 16.4. The molecule has 1 N–H and O–H groups in total. The molecule has 2 aliphatic rings. The van der Waals surface area contributed by atoms with Crippen LogP contribution in [0.15, 0.2) is 42.6 Å². The van der Waals surface area contributed by atoms with E-state index in [1.165, 1.54) is 11.3 Å². The van der Waals surface area contributed by atoms with Gasteiger partial charge in [-0.25, -0.2) is 0 Å². The molecule has 0 spiro atoms. The molecule has 25 heavy (non-hydrogen) atoms. The Bertz CT molecular complexity index is 674. The predicted molar refractivity (Wildman–Crippen MR) is 98.3 cm³/mol. The minimum absolute atomic E-state index is 0.223. The van der Waals surface area contributed by atoms with Gasteiger partial charge in [0.2, 0.25) is 5.91 Å². The van der Waals surface area contributed by atoms with Gasteiger partial charge in [-0.3, -0.25) is 9.89 Å². The van der Waals surface area contributed by atoms with Crippen molar-refractivity contribution in [1.82, 2.24) is 15.1 Å². The number of carbonyl (C=O) groups is 1. The zero-order valence-electron chi connectivity index (χ0n) is 14.7. The Morgan fingerprint density at radius 3 is 2.52 bits per heavy atom. The van der Waals surface area contributed by atoms with Crippen molar-refractivity contribution in [3.63, 3.8) is 0 Å². The Morgan fingerprint density at radius 1 is 1.00 bits per heavy atom. The number of carbonyl (C=O) groups excluding carboxylic acids is 1. The number of likely N-dealkylation sites (tertiary alicyclic amines) is 1. The average molecular weight is 337 g/mol. The molecule has 1 saturated carbocycles. The lowest BCUT2D eigenvalue weighted by Gasteiger charge is -2.36. The van der Waals surface area contributed by atoms with Crippen LogP contribution in [-0.2, 0) is 4.79 Å². The van der Waals surface area contributed by atoms with Crippen LogP contribution >= 0.6 is 0 Å². The van der Waals surface area contributed by atoms with E-state index in [0.29, 0.717) is 17.7 Å². The van der Waals surface area contributed by atoms with Crippen LogP contribution in [0.5, 0.6) is 0 Å². The molecule has 1 amide bonds. The molecule has 2 aromatic rings. The molecular weight excluding hydrogens is 310 g/mol. The van der Waals surface area contributed by atoms with E-state index in [2.05, 4.69) is 45.4 Å². The molecule has 4 nitrogen and oxygen atoms in total. The van der Waals surface area contributed by atoms with E-state index >= 15 is 0 Å². The van der Waals surface area contributed by atoms with Crippen molar-refractivity contribution in [3.05, 3.63) is 53.9 Å². The molecule has 2 fully saturated rings. The maximum atomic E-state index is 13.0. The van der Waals surface area contributed by atoms with Crippen molar-refractivity contribution in [3.8, 4) is 0 Å². The van der Waals surface area contributed by atoms with Crippen LogP contribution in [0.25, 0.3) is 0 Å². The molecule has 1 atom stereocenters. The molecule has 1 aromatic heterocycles. The highest BCUT2D eigenvalue weighted by Gasteiger charge is 2.32. The van der Waals surface area contributed by atoms with E-state index in [-0.39, 0.29) is 5.92 Å². The maximum Gasteiger partial charge on any atom is 0.225 e. The predicted octanol–water partition coefficient (Wildman–Crippen LogP) is 4.09. The lowest BCUT2D eigenvalue weighted by Crippen LogP contribution is -2.43. The van der Waals surface area contributed by atoms with Crippen LogP contribution in [0.3, 0.4) is 0 Å². The summed E-state index contributed by atoms with van der Waals surface area (Å²) in [6.45, 7) is 1.77. The molecule has 4 rings (SSSR count). The highest BCUT2D eigenvalue weighted by Crippen LogP contribution is 2.37. The highest BCUT2D eigenvalue weighted by molar-refractivity contribution is 5.79. The second-order valence-corrected chi connectivity index (χ2v) is 7.59. The zero-order chi connectivity index (χ0) is 17.1. The van der Waals surface area contributed by atoms with Gasteiger partial charge >= 0.3 is 0 Å². The first-order valence-electron chi connectivity index (χ1n) is 9.64. The standard InChI is InChI=1S/C21H27N3O/c25-21(24-14-4-7-19(15-24)20-12-13-22-23-20)18-10-8-17(9-11-18)16-5-2-1-3-6-16/h1-3,5-6,12-13,17-19H,4,7-11,14-15H2,(H,22,23)/t17?,18?,19-/m1/s1. The molecule has 2 heterocycles. The Labute approximate surface area is 149 Å². The molecule has 0 bridgehead atoms. The SMILES string of the molecule is O=C(C1CCC(c2ccccc2)CC1)N1CCC[C@@H](c2ccn[nH]2)C1. The smallest absolute Gasteiger partial charge is 0.225 e. The minimum Gasteiger partial charge on any atom is -0.342 e. The average Bonchev–Trinajstić information content (AvgIpc) is 3.23. The lowest BCUT2D eigenvalue weighted by atomic mass is 9.78. The number of piperidine rings is 1. The molecule has 132 valence electrons. The van der Waals surface area contributed by atoms with Gasteiger partial charge < -0.3 is 4.90 Å². The largest absolute Gasteiger partial charge is 0.342 e. The number of nitrogens with zero attached hydrogens (tertiary/aromatic N) is 2. The van der Waals surface area contributed by atoms with Gasteiger partial charge in [-0.2, -0.15) is 5.10 Å². The number of rotatable bonds is 3. The summed E-state index contributed by atoms with van der Waals surface area (Å²) >= 11 is 0. The van der Waals surface area contributed by atoms with E-state index in [4.69, 9.17) is 0 Å². The van der Waals surface area contributed by atoms with Crippen LogP contribution in [0, 0.1) is 5.92 Å². The van der Waals surface area contributed by atoms with Crippen LogP contribution < -0.4 is 0 Å². The number of benzene rings is 1. The summed E-state index contributed by atoms with van der Waals surface area (Å²) in [6.07, 6.45) is 8.38. The second-order valence-electron chi connectivity index (χ2n) is 7.59. The fourth-order valence-corrected chi connectivity index (χ4v) is 4.58. The third-order valence-electron chi connectivity index (χ3n) is 6.04. The fraction of sp³-hybridized carbons (Fsp3) is 0.524. The number of aromatic nitrogens is 2. The Morgan fingerprint density at radius 2 is 1.80 bits per heavy atom. The normalized spacial score (nSPS) is 27.2. The number of amides is 1. The van der Waals surface area contributed by atoms with Gasteiger partial charge in [-0.1, -0.05) is 30.3 Å². The molecule has 4 heteroatoms. The monoisotopic (exact) mass is 337 g/mol. The molecular formula is C21H27N3O. The summed E-state index contributed by atoms with van der Waals surface area (Å²) in [7, 11) is 0.